The van der Waals surface area contributed by atoms with E-state index in [-0.39, 0.29) is 0 Å². The van der Waals surface area contributed by atoms with Crippen LogP contribution in [0.4, 0.5) is 0 Å². The molecular weight excluding hydrogens is 574 g/mol. The molecule has 0 spiro atoms. The molecule has 5 aromatic carbocycles. The zero-order chi connectivity index (χ0) is 31.7. The zero-order valence-electron chi connectivity index (χ0n) is 26.2. The van der Waals surface area contributed by atoms with E-state index < -0.39 is 0 Å². The van der Waals surface area contributed by atoms with E-state index in [9.17, 15) is 0 Å². The normalized spacial score (nSPS) is 11.4. The van der Waals surface area contributed by atoms with Crippen LogP contribution in [0.15, 0.2) is 146 Å². The summed E-state index contributed by atoms with van der Waals surface area (Å²) in [5.74, 6) is 2.24. The van der Waals surface area contributed by atoms with Gasteiger partial charge in [-0.15, -0.1) is 0 Å². The van der Waals surface area contributed by atoms with Gasteiger partial charge in [-0.2, -0.15) is 0 Å². The second kappa shape index (κ2) is 12.0. The van der Waals surface area contributed by atoms with Crippen LogP contribution in [0.25, 0.3) is 78.4 Å². The third kappa shape index (κ3) is 5.53. The van der Waals surface area contributed by atoms with E-state index in [1.165, 1.54) is 0 Å². The first kappa shape index (κ1) is 28.4. The van der Waals surface area contributed by atoms with Crippen LogP contribution in [0, 0.1) is 0 Å². The average Bonchev–Trinajstić information content (AvgIpc) is 3.15. The molecule has 3 heterocycles. The van der Waals surface area contributed by atoms with Crippen molar-refractivity contribution in [2.75, 3.05) is 0 Å². The van der Waals surface area contributed by atoms with Crippen molar-refractivity contribution in [2.45, 2.75) is 19.8 Å². The summed E-state index contributed by atoms with van der Waals surface area (Å²) in [5.41, 5.74) is 9.87. The molecule has 0 atom stereocenters. The molecule has 0 aliphatic heterocycles. The molecule has 0 saturated carbocycles. The summed E-state index contributed by atoms with van der Waals surface area (Å²) >= 11 is 0. The highest BCUT2D eigenvalue weighted by Gasteiger charge is 2.16. The van der Waals surface area contributed by atoms with Crippen molar-refractivity contribution in [3.63, 3.8) is 0 Å². The highest BCUT2D eigenvalue weighted by atomic mass is 15.0. The van der Waals surface area contributed by atoms with E-state index in [0.717, 1.165) is 66.6 Å². The van der Waals surface area contributed by atoms with Crippen LogP contribution in [-0.2, 0) is 0 Å². The number of nitrogens with zero attached hydrogens (tertiary/aromatic N) is 5. The van der Waals surface area contributed by atoms with E-state index in [1.807, 2.05) is 66.7 Å². The van der Waals surface area contributed by atoms with Gasteiger partial charge in [0.2, 0.25) is 0 Å². The summed E-state index contributed by atoms with van der Waals surface area (Å²) in [6.45, 7) is 4.35. The maximum atomic E-state index is 5.21. The Morgan fingerprint density at radius 1 is 0.404 bits per heavy atom. The summed E-state index contributed by atoms with van der Waals surface area (Å²) in [4.78, 5) is 25.0. The van der Waals surface area contributed by atoms with Crippen LogP contribution in [0.5, 0.6) is 0 Å². The van der Waals surface area contributed by atoms with Crippen molar-refractivity contribution in [1.29, 1.82) is 0 Å². The third-order valence-electron chi connectivity index (χ3n) is 8.48. The van der Waals surface area contributed by atoms with E-state index in [1.54, 1.807) is 0 Å². The van der Waals surface area contributed by atoms with Crippen LogP contribution in [0.1, 0.15) is 25.5 Å². The number of aromatic nitrogens is 5. The Labute approximate surface area is 273 Å². The zero-order valence-corrected chi connectivity index (χ0v) is 26.2. The fourth-order valence-corrected chi connectivity index (χ4v) is 5.94. The molecule has 0 fully saturated rings. The van der Waals surface area contributed by atoms with Gasteiger partial charge in [0.05, 0.1) is 16.7 Å². The molecule has 0 saturated heterocycles. The summed E-state index contributed by atoms with van der Waals surface area (Å²) in [6, 6.07) is 49.7. The number of fused-ring (bicyclic) bond motifs is 3. The molecule has 5 heteroatoms. The van der Waals surface area contributed by atoms with Gasteiger partial charge in [-0.05, 0) is 29.2 Å². The number of hydrogen-bond acceptors (Lipinski definition) is 5. The minimum absolute atomic E-state index is 0.319. The van der Waals surface area contributed by atoms with Crippen LogP contribution in [0.3, 0.4) is 0 Å². The van der Waals surface area contributed by atoms with Crippen molar-refractivity contribution >= 4 is 21.8 Å². The number of rotatable bonds is 6. The highest BCUT2D eigenvalue weighted by molar-refractivity contribution is 6.09. The van der Waals surface area contributed by atoms with E-state index in [2.05, 4.69) is 92.7 Å². The molecular formula is C42H31N5. The molecule has 0 amide bonds. The van der Waals surface area contributed by atoms with Gasteiger partial charge >= 0.3 is 0 Å². The van der Waals surface area contributed by atoms with E-state index >= 15 is 0 Å². The minimum Gasteiger partial charge on any atom is -0.250 e. The van der Waals surface area contributed by atoms with Gasteiger partial charge < -0.3 is 0 Å². The van der Waals surface area contributed by atoms with Crippen LogP contribution >= 0.6 is 0 Å². The summed E-state index contributed by atoms with van der Waals surface area (Å²) in [6.07, 6.45) is 0. The summed E-state index contributed by atoms with van der Waals surface area (Å²) < 4.78 is 0. The lowest BCUT2D eigenvalue weighted by Gasteiger charge is -2.14. The molecule has 0 unspecified atom stereocenters. The van der Waals surface area contributed by atoms with Gasteiger partial charge in [0.15, 0.2) is 17.5 Å². The minimum atomic E-state index is 0.319. The van der Waals surface area contributed by atoms with Crippen molar-refractivity contribution in [3.05, 3.63) is 151 Å². The molecule has 8 aromatic rings. The maximum absolute atomic E-state index is 5.21. The molecule has 3 aromatic heterocycles. The SMILES string of the molecule is CC(C)c1ccc2ccc3c(-c4ccc(-c5nc(-c6ccccc6)nc(-c6ccccc6)n5)cc4)cc(-c4ccccc4)nc3c2n1. The Hall–Kier alpha value is -6.07. The molecule has 0 N–H and O–H groups in total. The first-order valence-corrected chi connectivity index (χ1v) is 15.9. The second-order valence-corrected chi connectivity index (χ2v) is 12.0. The van der Waals surface area contributed by atoms with Crippen molar-refractivity contribution in [2.24, 2.45) is 0 Å². The summed E-state index contributed by atoms with van der Waals surface area (Å²) in [5, 5.41) is 2.15. The van der Waals surface area contributed by atoms with Crippen LogP contribution in [-0.4, -0.2) is 24.9 Å². The quantitative estimate of drug-likeness (QED) is 0.176. The smallest absolute Gasteiger partial charge is 0.164 e. The Balaban J connectivity index is 1.28. The molecule has 5 nitrogen and oxygen atoms in total. The maximum Gasteiger partial charge on any atom is 0.164 e. The van der Waals surface area contributed by atoms with Crippen molar-refractivity contribution in [3.8, 4) is 56.5 Å². The van der Waals surface area contributed by atoms with Crippen LogP contribution in [0.2, 0.25) is 0 Å². The number of benzene rings is 5. The molecule has 8 rings (SSSR count). The number of hydrogen-bond donors (Lipinski definition) is 0. The van der Waals surface area contributed by atoms with E-state index in [4.69, 9.17) is 24.9 Å². The van der Waals surface area contributed by atoms with Gasteiger partial charge in [-0.25, -0.2) is 19.9 Å². The Kier molecular flexibility index (Phi) is 7.27. The Morgan fingerprint density at radius 3 is 1.45 bits per heavy atom. The third-order valence-corrected chi connectivity index (χ3v) is 8.48. The van der Waals surface area contributed by atoms with Gasteiger partial charge in [-0.1, -0.05) is 147 Å². The lowest BCUT2D eigenvalue weighted by atomic mass is 9.96. The number of pyridine rings is 2. The topological polar surface area (TPSA) is 64.5 Å². The van der Waals surface area contributed by atoms with Gasteiger partial charge in [0.1, 0.15) is 0 Å². The molecule has 224 valence electrons. The van der Waals surface area contributed by atoms with Crippen molar-refractivity contribution in [1.82, 2.24) is 24.9 Å². The fourth-order valence-electron chi connectivity index (χ4n) is 5.94. The molecule has 0 aliphatic rings. The molecule has 47 heavy (non-hydrogen) atoms. The average molecular weight is 606 g/mol. The highest BCUT2D eigenvalue weighted by Crippen LogP contribution is 2.36. The first-order valence-electron chi connectivity index (χ1n) is 15.9. The summed E-state index contributed by atoms with van der Waals surface area (Å²) in [7, 11) is 0. The monoisotopic (exact) mass is 605 g/mol. The molecule has 0 aliphatic carbocycles. The largest absolute Gasteiger partial charge is 0.250 e. The predicted molar refractivity (Wildman–Crippen MR) is 192 cm³/mol. The predicted octanol–water partition coefficient (Wildman–Crippen LogP) is 10.4. The molecule has 0 bridgehead atoms. The van der Waals surface area contributed by atoms with Crippen LogP contribution < -0.4 is 0 Å². The lowest BCUT2D eigenvalue weighted by molar-refractivity contribution is 0.830. The van der Waals surface area contributed by atoms with Crippen molar-refractivity contribution < 1.29 is 0 Å². The van der Waals surface area contributed by atoms with Gasteiger partial charge in [-0.3, -0.25) is 4.98 Å². The van der Waals surface area contributed by atoms with Gasteiger partial charge in [0, 0.05) is 38.7 Å². The Bertz CT molecular complexity index is 2300. The first-order chi connectivity index (χ1) is 23.1. The standard InChI is InChI=1S/C42H31N5/c1-27(2)36-25-23-30-22-24-34-35(26-37(29-12-6-3-7-13-29)44-39(34)38(30)43-36)28-18-20-33(21-19-28)42-46-40(31-14-8-4-9-15-31)45-41(47-42)32-16-10-5-11-17-32/h3-27H,1-2H3. The van der Waals surface area contributed by atoms with E-state index in [0.29, 0.717) is 23.4 Å². The Morgan fingerprint density at radius 2 is 0.894 bits per heavy atom. The fraction of sp³-hybridized carbons (Fsp3) is 0.0714. The lowest BCUT2D eigenvalue weighted by Crippen LogP contribution is -2.00. The second-order valence-electron chi connectivity index (χ2n) is 12.0. The van der Waals surface area contributed by atoms with Gasteiger partial charge in [0.25, 0.3) is 0 Å². The molecule has 0 radical (unpaired) electrons.